The first-order chi connectivity index (χ1) is 15.9. The van der Waals surface area contributed by atoms with Crippen molar-refractivity contribution in [2.24, 2.45) is 0 Å². The van der Waals surface area contributed by atoms with Crippen molar-refractivity contribution in [2.75, 3.05) is 38.2 Å². The molecule has 2 aromatic carbocycles. The maximum atomic E-state index is 13.3. The number of aromatic nitrogens is 2. The van der Waals surface area contributed by atoms with Gasteiger partial charge in [0.15, 0.2) is 4.96 Å². The monoisotopic (exact) mass is 480 g/mol. The van der Waals surface area contributed by atoms with E-state index >= 15 is 0 Å². The minimum atomic E-state index is 0.0801. The molecule has 0 radical (unpaired) electrons. The predicted octanol–water partition coefficient (Wildman–Crippen LogP) is 5.30. The van der Waals surface area contributed by atoms with Gasteiger partial charge in [-0.05, 0) is 55.8 Å². The molecule has 3 heterocycles. The van der Waals surface area contributed by atoms with Crippen molar-refractivity contribution in [1.82, 2.24) is 14.3 Å². The standard InChI is InChI=1S/C25H25ClN4O2S/c1-16-4-7-19(26)14-22(16)28-10-12-29(13-11-28)24(31)23-17(2)30-15-21(27-25(30)33-23)18-5-8-20(32-3)9-6-18/h4-9,14-15H,10-13H2,1-3H3. The normalized spacial score (nSPS) is 14.2. The zero-order valence-corrected chi connectivity index (χ0v) is 20.4. The molecule has 1 aliphatic heterocycles. The number of hydrogen-bond acceptors (Lipinski definition) is 5. The molecule has 0 aliphatic carbocycles. The number of imidazole rings is 1. The van der Waals surface area contributed by atoms with Crippen molar-refractivity contribution < 1.29 is 9.53 Å². The highest BCUT2D eigenvalue weighted by Gasteiger charge is 2.27. The van der Waals surface area contributed by atoms with Gasteiger partial charge in [-0.15, -0.1) is 0 Å². The van der Waals surface area contributed by atoms with E-state index in [0.29, 0.717) is 13.1 Å². The molecule has 33 heavy (non-hydrogen) atoms. The number of halogens is 1. The average molecular weight is 481 g/mol. The van der Waals surface area contributed by atoms with E-state index in [1.807, 2.05) is 64.9 Å². The Morgan fingerprint density at radius 3 is 2.45 bits per heavy atom. The molecule has 0 N–H and O–H groups in total. The molecular weight excluding hydrogens is 456 g/mol. The Balaban J connectivity index is 1.32. The van der Waals surface area contributed by atoms with Crippen LogP contribution in [0.5, 0.6) is 5.75 Å². The first-order valence-corrected chi connectivity index (χ1v) is 12.1. The quantitative estimate of drug-likeness (QED) is 0.397. The summed E-state index contributed by atoms with van der Waals surface area (Å²) in [5.74, 6) is 0.894. The van der Waals surface area contributed by atoms with Gasteiger partial charge in [0.25, 0.3) is 5.91 Å². The number of benzene rings is 2. The molecule has 6 nitrogen and oxygen atoms in total. The zero-order valence-electron chi connectivity index (χ0n) is 18.8. The van der Waals surface area contributed by atoms with Crippen LogP contribution < -0.4 is 9.64 Å². The van der Waals surface area contributed by atoms with E-state index in [0.717, 1.165) is 56.3 Å². The van der Waals surface area contributed by atoms with E-state index in [9.17, 15) is 4.79 Å². The number of carbonyl (C=O) groups excluding carboxylic acids is 1. The number of anilines is 1. The van der Waals surface area contributed by atoms with E-state index in [1.54, 1.807) is 7.11 Å². The van der Waals surface area contributed by atoms with E-state index in [4.69, 9.17) is 21.3 Å². The molecule has 4 aromatic rings. The maximum Gasteiger partial charge on any atom is 0.265 e. The molecule has 1 amide bonds. The Bertz CT molecular complexity index is 1320. The summed E-state index contributed by atoms with van der Waals surface area (Å²) in [6, 6.07) is 13.8. The second-order valence-electron chi connectivity index (χ2n) is 8.23. The van der Waals surface area contributed by atoms with Crippen LogP contribution in [0.2, 0.25) is 5.02 Å². The SMILES string of the molecule is COc1ccc(-c2cn3c(C)c(C(=O)N4CCN(c5cc(Cl)ccc5C)CC4)sc3n2)cc1. The van der Waals surface area contributed by atoms with Crippen molar-refractivity contribution in [3.05, 3.63) is 69.8 Å². The van der Waals surface area contributed by atoms with E-state index in [1.165, 1.54) is 16.9 Å². The van der Waals surface area contributed by atoms with Gasteiger partial charge in [0, 0.05) is 54.3 Å². The number of amides is 1. The van der Waals surface area contributed by atoms with E-state index in [2.05, 4.69) is 11.8 Å². The van der Waals surface area contributed by atoms with Gasteiger partial charge in [-0.1, -0.05) is 29.0 Å². The number of piperazine rings is 1. The lowest BCUT2D eigenvalue weighted by Crippen LogP contribution is -2.49. The van der Waals surface area contributed by atoms with Crippen LogP contribution in [0, 0.1) is 13.8 Å². The summed E-state index contributed by atoms with van der Waals surface area (Å²) in [6.07, 6.45) is 2.00. The number of ether oxygens (including phenoxy) is 1. The van der Waals surface area contributed by atoms with Crippen molar-refractivity contribution in [1.29, 1.82) is 0 Å². The summed E-state index contributed by atoms with van der Waals surface area (Å²) in [4.78, 5) is 23.9. The fourth-order valence-corrected chi connectivity index (χ4v) is 5.51. The topological polar surface area (TPSA) is 50.1 Å². The van der Waals surface area contributed by atoms with Gasteiger partial charge < -0.3 is 14.5 Å². The molecule has 2 aromatic heterocycles. The van der Waals surface area contributed by atoms with Gasteiger partial charge in [0.1, 0.15) is 10.6 Å². The number of carbonyl (C=O) groups is 1. The van der Waals surface area contributed by atoms with Crippen LogP contribution in [0.1, 0.15) is 20.9 Å². The highest BCUT2D eigenvalue weighted by atomic mass is 35.5. The molecular formula is C25H25ClN4O2S. The Morgan fingerprint density at radius 1 is 1.06 bits per heavy atom. The predicted molar refractivity (Wildman–Crippen MR) is 134 cm³/mol. The third-order valence-corrected chi connectivity index (χ3v) is 7.60. The Morgan fingerprint density at radius 2 is 1.79 bits per heavy atom. The van der Waals surface area contributed by atoms with E-state index in [-0.39, 0.29) is 5.91 Å². The minimum absolute atomic E-state index is 0.0801. The largest absolute Gasteiger partial charge is 0.497 e. The van der Waals surface area contributed by atoms with Crippen LogP contribution in [-0.4, -0.2) is 53.5 Å². The molecule has 0 unspecified atom stereocenters. The molecule has 8 heteroatoms. The van der Waals surface area contributed by atoms with Crippen molar-refractivity contribution in [2.45, 2.75) is 13.8 Å². The number of hydrogen-bond donors (Lipinski definition) is 0. The van der Waals surface area contributed by atoms with Crippen molar-refractivity contribution in [3.63, 3.8) is 0 Å². The molecule has 5 rings (SSSR count). The fraction of sp³-hybridized carbons (Fsp3) is 0.280. The molecule has 0 atom stereocenters. The molecule has 1 fully saturated rings. The summed E-state index contributed by atoms with van der Waals surface area (Å²) < 4.78 is 7.25. The zero-order chi connectivity index (χ0) is 23.1. The van der Waals surface area contributed by atoms with Crippen LogP contribution in [0.25, 0.3) is 16.2 Å². The summed E-state index contributed by atoms with van der Waals surface area (Å²) in [5.41, 5.74) is 5.18. The molecule has 0 spiro atoms. The number of thiazole rings is 1. The number of methoxy groups -OCH3 is 1. The number of nitrogens with zero attached hydrogens (tertiary/aromatic N) is 4. The minimum Gasteiger partial charge on any atom is -0.497 e. The first kappa shape index (κ1) is 21.8. The number of fused-ring (bicyclic) bond motifs is 1. The summed E-state index contributed by atoms with van der Waals surface area (Å²) in [7, 11) is 1.65. The lowest BCUT2D eigenvalue weighted by Gasteiger charge is -2.36. The highest BCUT2D eigenvalue weighted by Crippen LogP contribution is 2.30. The molecule has 170 valence electrons. The lowest BCUT2D eigenvalue weighted by atomic mass is 10.1. The highest BCUT2D eigenvalue weighted by molar-refractivity contribution is 7.19. The smallest absolute Gasteiger partial charge is 0.265 e. The van der Waals surface area contributed by atoms with Gasteiger partial charge >= 0.3 is 0 Å². The second-order valence-corrected chi connectivity index (χ2v) is 9.65. The third kappa shape index (κ3) is 4.07. The second kappa shape index (κ2) is 8.72. The number of aryl methyl sites for hydroxylation is 2. The first-order valence-electron chi connectivity index (χ1n) is 10.9. The van der Waals surface area contributed by atoms with E-state index < -0.39 is 0 Å². The maximum absolute atomic E-state index is 13.3. The summed E-state index contributed by atoms with van der Waals surface area (Å²) >= 11 is 7.66. The lowest BCUT2D eigenvalue weighted by molar-refractivity contribution is 0.0750. The molecule has 1 aliphatic rings. The average Bonchev–Trinajstić information content (AvgIpc) is 3.40. The van der Waals surface area contributed by atoms with Gasteiger partial charge in [0.2, 0.25) is 0 Å². The van der Waals surface area contributed by atoms with Gasteiger partial charge in [-0.2, -0.15) is 0 Å². The van der Waals surface area contributed by atoms with Crippen LogP contribution in [0.15, 0.2) is 48.7 Å². The Hall–Kier alpha value is -3.03. The van der Waals surface area contributed by atoms with Crippen LogP contribution in [0.3, 0.4) is 0 Å². The van der Waals surface area contributed by atoms with Gasteiger partial charge in [-0.25, -0.2) is 4.98 Å². The molecule has 0 bridgehead atoms. The third-order valence-electron chi connectivity index (χ3n) is 6.22. The van der Waals surface area contributed by atoms with Gasteiger partial charge in [0.05, 0.1) is 12.8 Å². The Labute approximate surface area is 202 Å². The fourth-order valence-electron chi connectivity index (χ4n) is 4.27. The Kier molecular flexibility index (Phi) is 5.76. The summed E-state index contributed by atoms with van der Waals surface area (Å²) in [5, 5.41) is 0.737. The molecule has 1 saturated heterocycles. The van der Waals surface area contributed by atoms with Crippen molar-refractivity contribution in [3.8, 4) is 17.0 Å². The molecule has 0 saturated carbocycles. The number of rotatable bonds is 4. The van der Waals surface area contributed by atoms with Crippen LogP contribution in [-0.2, 0) is 0 Å². The van der Waals surface area contributed by atoms with Crippen LogP contribution >= 0.6 is 22.9 Å². The van der Waals surface area contributed by atoms with Crippen LogP contribution in [0.4, 0.5) is 5.69 Å². The summed E-state index contributed by atoms with van der Waals surface area (Å²) in [6.45, 7) is 7.02. The van der Waals surface area contributed by atoms with Gasteiger partial charge in [-0.3, -0.25) is 9.20 Å². The van der Waals surface area contributed by atoms with Crippen molar-refractivity contribution >= 4 is 39.5 Å².